The molecule has 0 aromatic heterocycles. The number of fused-ring (bicyclic) bond motifs is 1. The van der Waals surface area contributed by atoms with Gasteiger partial charge in [-0.05, 0) is 51.5 Å². The Morgan fingerprint density at radius 3 is 2.58 bits per heavy atom. The predicted molar refractivity (Wildman–Crippen MR) is 121 cm³/mol. The van der Waals surface area contributed by atoms with Crippen molar-refractivity contribution in [1.29, 1.82) is 0 Å². The Kier molecular flexibility index (Phi) is 6.23. The second kappa shape index (κ2) is 8.42. The van der Waals surface area contributed by atoms with E-state index in [0.717, 1.165) is 27.4 Å². The van der Waals surface area contributed by atoms with Crippen LogP contribution in [-0.2, 0) is 14.8 Å². The largest absolute Gasteiger partial charge is 0.495 e. The molecule has 31 heavy (non-hydrogen) atoms. The second-order valence-electron chi connectivity index (χ2n) is 8.57. The molecule has 0 aliphatic carbocycles. The number of amides is 1. The monoisotopic (exact) mass is 446 g/mol. The highest BCUT2D eigenvalue weighted by molar-refractivity contribution is 7.92. The summed E-state index contributed by atoms with van der Waals surface area (Å²) in [5.74, 6) is 0.705. The molecule has 0 radical (unpaired) electrons. The summed E-state index contributed by atoms with van der Waals surface area (Å²) in [5.41, 5.74) is 1.60. The zero-order chi connectivity index (χ0) is 23.0. The smallest absolute Gasteiger partial charge is 0.244 e. The van der Waals surface area contributed by atoms with Crippen molar-refractivity contribution in [3.8, 4) is 11.5 Å². The molecule has 0 saturated carbocycles. The second-order valence-corrected chi connectivity index (χ2v) is 10.4. The van der Waals surface area contributed by atoms with Gasteiger partial charge in [-0.1, -0.05) is 24.3 Å². The third-order valence-corrected chi connectivity index (χ3v) is 6.58. The van der Waals surface area contributed by atoms with Gasteiger partial charge in [-0.25, -0.2) is 8.42 Å². The molecule has 7 nitrogen and oxygen atoms in total. The van der Waals surface area contributed by atoms with E-state index >= 15 is 0 Å². The fraction of sp³-hybridized carbons (Fsp3) is 0.435. The van der Waals surface area contributed by atoms with Gasteiger partial charge in [-0.2, -0.15) is 0 Å². The van der Waals surface area contributed by atoms with Crippen LogP contribution in [0.5, 0.6) is 11.5 Å². The van der Waals surface area contributed by atoms with E-state index in [-0.39, 0.29) is 6.04 Å². The average Bonchev–Trinajstić information content (AvgIpc) is 2.66. The molecule has 1 aliphatic heterocycles. The number of hydrogen-bond acceptors (Lipinski definition) is 5. The van der Waals surface area contributed by atoms with E-state index in [1.165, 1.54) is 7.11 Å². The molecule has 1 N–H and O–H groups in total. The lowest BCUT2D eigenvalue weighted by molar-refractivity contribution is -0.123. The number of nitrogens with one attached hydrogen (secondary N) is 1. The van der Waals surface area contributed by atoms with E-state index in [9.17, 15) is 13.2 Å². The first-order valence-electron chi connectivity index (χ1n) is 10.2. The van der Waals surface area contributed by atoms with Crippen molar-refractivity contribution in [3.05, 3.63) is 53.6 Å². The Hall–Kier alpha value is -2.74. The molecule has 3 rings (SSSR count). The van der Waals surface area contributed by atoms with Gasteiger partial charge in [0.25, 0.3) is 0 Å². The van der Waals surface area contributed by atoms with Crippen LogP contribution in [0.2, 0.25) is 0 Å². The minimum absolute atomic E-state index is 0.296. The maximum atomic E-state index is 13.3. The zero-order valence-electron chi connectivity index (χ0n) is 18.8. The third-order valence-electron chi connectivity index (χ3n) is 5.35. The van der Waals surface area contributed by atoms with Gasteiger partial charge in [0, 0.05) is 12.0 Å². The van der Waals surface area contributed by atoms with Gasteiger partial charge in [-0.15, -0.1) is 0 Å². The highest BCUT2D eigenvalue weighted by Crippen LogP contribution is 2.39. The number of hydrogen-bond donors (Lipinski definition) is 1. The van der Waals surface area contributed by atoms with E-state index in [2.05, 4.69) is 5.32 Å². The van der Waals surface area contributed by atoms with Gasteiger partial charge >= 0.3 is 0 Å². The first kappa shape index (κ1) is 22.9. The summed E-state index contributed by atoms with van der Waals surface area (Å²) in [6.45, 7) is 7.36. The summed E-state index contributed by atoms with van der Waals surface area (Å²) in [6.07, 6.45) is 1.65. The fourth-order valence-electron chi connectivity index (χ4n) is 3.98. The van der Waals surface area contributed by atoms with E-state index in [1.807, 2.05) is 51.1 Å². The van der Waals surface area contributed by atoms with Gasteiger partial charge in [0.15, 0.2) is 0 Å². The number of aryl methyl sites for hydroxylation is 1. The number of rotatable bonds is 6. The molecule has 1 aliphatic rings. The molecule has 0 spiro atoms. The standard InChI is InChI=1S/C23H30N2O5S/c1-15-11-12-21(29-5)19(13-15)25(31(6,27)28)16(2)22(26)24-18-14-23(3,4)30-20-10-8-7-9-17(18)20/h7-13,16,18H,14H2,1-6H3,(H,24,26). The Bertz CT molecular complexity index is 1080. The molecule has 0 saturated heterocycles. The Labute approximate surface area is 184 Å². The van der Waals surface area contributed by atoms with Crippen LogP contribution in [0.4, 0.5) is 5.69 Å². The van der Waals surface area contributed by atoms with Gasteiger partial charge in [0.1, 0.15) is 23.1 Å². The van der Waals surface area contributed by atoms with Crippen LogP contribution in [0.1, 0.15) is 44.4 Å². The van der Waals surface area contributed by atoms with Crippen molar-refractivity contribution in [2.45, 2.75) is 51.8 Å². The van der Waals surface area contributed by atoms with Gasteiger partial charge in [-0.3, -0.25) is 9.10 Å². The third kappa shape index (κ3) is 4.95. The molecular formula is C23H30N2O5S. The molecule has 0 fully saturated rings. The van der Waals surface area contributed by atoms with Crippen LogP contribution in [0.3, 0.4) is 0 Å². The quantitative estimate of drug-likeness (QED) is 0.733. The first-order valence-corrected chi connectivity index (χ1v) is 12.0. The van der Waals surface area contributed by atoms with Crippen molar-refractivity contribution in [2.24, 2.45) is 0 Å². The average molecular weight is 447 g/mol. The molecule has 1 heterocycles. The number of carbonyl (C=O) groups excluding carboxylic acids is 1. The highest BCUT2D eigenvalue weighted by atomic mass is 32.2. The number of methoxy groups -OCH3 is 1. The van der Waals surface area contributed by atoms with Crippen LogP contribution in [0, 0.1) is 6.92 Å². The molecule has 0 bridgehead atoms. The number of sulfonamides is 1. The molecule has 2 atom stereocenters. The Morgan fingerprint density at radius 1 is 1.26 bits per heavy atom. The number of nitrogens with zero attached hydrogens (tertiary/aromatic N) is 1. The lowest BCUT2D eigenvalue weighted by Gasteiger charge is -2.38. The van der Waals surface area contributed by atoms with E-state index in [0.29, 0.717) is 17.9 Å². The molecule has 2 aromatic carbocycles. The van der Waals surface area contributed by atoms with Crippen LogP contribution in [0.25, 0.3) is 0 Å². The number of para-hydroxylation sites is 1. The molecule has 2 aromatic rings. The van der Waals surface area contributed by atoms with Crippen molar-refractivity contribution in [2.75, 3.05) is 17.7 Å². The van der Waals surface area contributed by atoms with Crippen molar-refractivity contribution in [1.82, 2.24) is 5.32 Å². The van der Waals surface area contributed by atoms with Crippen LogP contribution in [-0.4, -0.2) is 39.3 Å². The minimum Gasteiger partial charge on any atom is -0.495 e. The van der Waals surface area contributed by atoms with Gasteiger partial charge in [0.2, 0.25) is 15.9 Å². The summed E-state index contributed by atoms with van der Waals surface area (Å²) in [6, 6.07) is 11.5. The number of benzene rings is 2. The zero-order valence-corrected chi connectivity index (χ0v) is 19.6. The van der Waals surface area contributed by atoms with Crippen molar-refractivity contribution in [3.63, 3.8) is 0 Å². The minimum atomic E-state index is -3.77. The van der Waals surface area contributed by atoms with Gasteiger partial charge < -0.3 is 14.8 Å². The Morgan fingerprint density at radius 2 is 1.94 bits per heavy atom. The summed E-state index contributed by atoms with van der Waals surface area (Å²) >= 11 is 0. The summed E-state index contributed by atoms with van der Waals surface area (Å²) < 4.78 is 38.0. The molecule has 2 unspecified atom stereocenters. The summed E-state index contributed by atoms with van der Waals surface area (Å²) in [7, 11) is -2.30. The van der Waals surface area contributed by atoms with Gasteiger partial charge in [0.05, 0.1) is 25.1 Å². The predicted octanol–water partition coefficient (Wildman–Crippen LogP) is 3.58. The number of anilines is 1. The maximum Gasteiger partial charge on any atom is 0.244 e. The van der Waals surface area contributed by atoms with Crippen LogP contribution < -0.4 is 19.1 Å². The highest BCUT2D eigenvalue weighted by Gasteiger charge is 2.37. The summed E-state index contributed by atoms with van der Waals surface area (Å²) in [5, 5.41) is 3.04. The van der Waals surface area contributed by atoms with Crippen LogP contribution >= 0.6 is 0 Å². The molecular weight excluding hydrogens is 416 g/mol. The normalized spacial score (nSPS) is 18.3. The molecule has 168 valence electrons. The van der Waals surface area contributed by atoms with E-state index in [4.69, 9.17) is 9.47 Å². The topological polar surface area (TPSA) is 84.9 Å². The fourth-order valence-corrected chi connectivity index (χ4v) is 5.15. The number of carbonyl (C=O) groups is 1. The SMILES string of the molecule is COc1ccc(C)cc1N(C(C)C(=O)NC1CC(C)(C)Oc2ccccc21)S(C)(=O)=O. The number of ether oxygens (including phenoxy) is 2. The van der Waals surface area contributed by atoms with E-state index in [1.54, 1.807) is 19.1 Å². The lowest BCUT2D eigenvalue weighted by Crippen LogP contribution is -2.50. The first-order chi connectivity index (χ1) is 14.4. The maximum absolute atomic E-state index is 13.3. The molecule has 1 amide bonds. The lowest BCUT2D eigenvalue weighted by atomic mass is 9.89. The van der Waals surface area contributed by atoms with Crippen molar-refractivity contribution < 1.29 is 22.7 Å². The Balaban J connectivity index is 1.94. The molecule has 8 heteroatoms. The summed E-state index contributed by atoms with van der Waals surface area (Å²) in [4.78, 5) is 13.3. The van der Waals surface area contributed by atoms with Crippen molar-refractivity contribution >= 4 is 21.6 Å². The van der Waals surface area contributed by atoms with E-state index < -0.39 is 27.6 Å². The van der Waals surface area contributed by atoms with Crippen LogP contribution in [0.15, 0.2) is 42.5 Å².